The summed E-state index contributed by atoms with van der Waals surface area (Å²) in [5.74, 6) is -1.03. The highest BCUT2D eigenvalue weighted by Crippen LogP contribution is 2.26. The Labute approximate surface area is 183 Å². The number of aromatic nitrogens is 7. The summed E-state index contributed by atoms with van der Waals surface area (Å²) < 4.78 is 49.7. The van der Waals surface area contributed by atoms with Crippen molar-refractivity contribution in [3.8, 4) is 23.3 Å². The first-order chi connectivity index (χ1) is 15.7. The van der Waals surface area contributed by atoms with Gasteiger partial charge >= 0.3 is 6.18 Å². The van der Waals surface area contributed by atoms with E-state index >= 15 is 0 Å². The highest BCUT2D eigenvalue weighted by molar-refractivity contribution is 6.01. The number of halogens is 3. The number of nitrogens with one attached hydrogen (secondary N) is 2. The number of nitrogens with zero attached hydrogens (tertiary/aromatic N) is 6. The number of carbonyl (C=O) groups excluding carboxylic acids is 1. The zero-order valence-corrected chi connectivity index (χ0v) is 17.1. The molecule has 1 aromatic carbocycles. The molecule has 0 aliphatic heterocycles. The van der Waals surface area contributed by atoms with Crippen molar-refractivity contribution in [3.63, 3.8) is 0 Å². The number of H-pyrrole nitrogens is 1. The Morgan fingerprint density at radius 2 is 1.82 bits per heavy atom. The minimum Gasteiger partial charge on any atom is -0.497 e. The number of benzene rings is 1. The van der Waals surface area contributed by atoms with Gasteiger partial charge in [-0.1, -0.05) is 0 Å². The van der Waals surface area contributed by atoms with Gasteiger partial charge in [0.15, 0.2) is 0 Å². The lowest BCUT2D eigenvalue weighted by Crippen LogP contribution is -2.14. The molecule has 3 heterocycles. The topological polar surface area (TPSA) is 133 Å². The van der Waals surface area contributed by atoms with Gasteiger partial charge in [0.2, 0.25) is 17.5 Å². The summed E-state index contributed by atoms with van der Waals surface area (Å²) >= 11 is 0. The number of ether oxygens (including phenoxy) is 2. The van der Waals surface area contributed by atoms with Gasteiger partial charge in [-0.2, -0.15) is 22.8 Å². The maximum Gasteiger partial charge on any atom is 0.451 e. The van der Waals surface area contributed by atoms with Crippen LogP contribution in [0.5, 0.6) is 17.4 Å². The maximum atomic E-state index is 12.7. The molecule has 0 aliphatic rings. The van der Waals surface area contributed by atoms with Crippen molar-refractivity contribution in [2.75, 3.05) is 12.4 Å². The van der Waals surface area contributed by atoms with Crippen LogP contribution in [-0.4, -0.2) is 47.9 Å². The molecule has 0 unspecified atom stereocenters. The van der Waals surface area contributed by atoms with Crippen LogP contribution in [-0.2, 0) is 6.18 Å². The quantitative estimate of drug-likeness (QED) is 0.448. The third kappa shape index (κ3) is 4.89. The molecule has 0 fully saturated rings. The number of aromatic amines is 1. The highest BCUT2D eigenvalue weighted by atomic mass is 19.4. The van der Waals surface area contributed by atoms with Gasteiger partial charge in [0, 0.05) is 6.07 Å². The van der Waals surface area contributed by atoms with Crippen LogP contribution in [0.4, 0.5) is 18.9 Å². The standard InChI is InChI=1S/C19H15F3N8O3/c1-10-24-15(29-30(10)18-26-17(27-28-18)19(20,21)22)16(31)25-11-3-8-14(23-9-11)33-13-6-4-12(32-2)5-7-13/h3-9H,1-2H3,(H,25,31)(H,26,27,28). The van der Waals surface area contributed by atoms with E-state index in [0.717, 1.165) is 4.68 Å². The lowest BCUT2D eigenvalue weighted by molar-refractivity contribution is -0.144. The number of hydrogen-bond donors (Lipinski definition) is 2. The molecule has 0 bridgehead atoms. The van der Waals surface area contributed by atoms with Crippen molar-refractivity contribution in [2.45, 2.75) is 13.1 Å². The van der Waals surface area contributed by atoms with Crippen molar-refractivity contribution < 1.29 is 27.4 Å². The SMILES string of the molecule is COc1ccc(Oc2ccc(NC(=O)c3nc(C)n(-c4n[nH]c(C(F)(F)F)n4)n3)cn2)cc1. The van der Waals surface area contributed by atoms with Gasteiger partial charge in [-0.25, -0.2) is 9.97 Å². The van der Waals surface area contributed by atoms with Crippen LogP contribution in [0.3, 0.4) is 0 Å². The van der Waals surface area contributed by atoms with E-state index in [4.69, 9.17) is 9.47 Å². The second-order valence-corrected chi connectivity index (χ2v) is 6.49. The molecule has 14 heteroatoms. The molecule has 1 amide bonds. The summed E-state index contributed by atoms with van der Waals surface area (Å²) in [6, 6.07) is 10.0. The van der Waals surface area contributed by atoms with Crippen LogP contribution >= 0.6 is 0 Å². The predicted molar refractivity (Wildman–Crippen MR) is 106 cm³/mol. The third-order valence-corrected chi connectivity index (χ3v) is 4.18. The van der Waals surface area contributed by atoms with E-state index in [0.29, 0.717) is 23.1 Å². The third-order valence-electron chi connectivity index (χ3n) is 4.18. The fourth-order valence-electron chi connectivity index (χ4n) is 2.62. The monoisotopic (exact) mass is 460 g/mol. The Bertz CT molecular complexity index is 1270. The number of amides is 1. The Morgan fingerprint density at radius 3 is 2.42 bits per heavy atom. The van der Waals surface area contributed by atoms with Gasteiger partial charge in [0.1, 0.15) is 17.3 Å². The molecule has 170 valence electrons. The van der Waals surface area contributed by atoms with Crippen LogP contribution < -0.4 is 14.8 Å². The molecule has 4 aromatic rings. The predicted octanol–water partition coefficient (Wildman–Crippen LogP) is 3.16. The fraction of sp³-hybridized carbons (Fsp3) is 0.158. The first kappa shape index (κ1) is 21.7. The van der Waals surface area contributed by atoms with Gasteiger partial charge in [0.25, 0.3) is 11.9 Å². The number of pyridine rings is 1. The molecule has 33 heavy (non-hydrogen) atoms. The van der Waals surface area contributed by atoms with E-state index in [1.807, 2.05) is 0 Å². The van der Waals surface area contributed by atoms with Gasteiger partial charge in [-0.05, 0) is 37.3 Å². The minimum absolute atomic E-state index is 0.120. The molecule has 2 N–H and O–H groups in total. The smallest absolute Gasteiger partial charge is 0.451 e. The summed E-state index contributed by atoms with van der Waals surface area (Å²) in [5, 5.41) is 11.7. The van der Waals surface area contributed by atoms with Crippen LogP contribution in [0.15, 0.2) is 42.6 Å². The van der Waals surface area contributed by atoms with Crippen molar-refractivity contribution in [1.29, 1.82) is 0 Å². The number of anilines is 1. The highest BCUT2D eigenvalue weighted by Gasteiger charge is 2.35. The summed E-state index contributed by atoms with van der Waals surface area (Å²) in [7, 11) is 1.56. The average Bonchev–Trinajstić information content (AvgIpc) is 3.42. The number of hydrogen-bond acceptors (Lipinski definition) is 8. The van der Waals surface area contributed by atoms with Gasteiger partial charge in [-0.3, -0.25) is 9.89 Å². The molecule has 0 saturated carbocycles. The molecule has 3 aromatic heterocycles. The maximum absolute atomic E-state index is 12.7. The summed E-state index contributed by atoms with van der Waals surface area (Å²) in [6.45, 7) is 1.44. The molecule has 0 spiro atoms. The van der Waals surface area contributed by atoms with Crippen molar-refractivity contribution >= 4 is 11.6 Å². The fourth-order valence-corrected chi connectivity index (χ4v) is 2.62. The van der Waals surface area contributed by atoms with Crippen LogP contribution in [0.1, 0.15) is 22.3 Å². The average molecular weight is 460 g/mol. The first-order valence-electron chi connectivity index (χ1n) is 9.26. The molecule has 11 nitrogen and oxygen atoms in total. The summed E-state index contributed by atoms with van der Waals surface area (Å²) in [4.78, 5) is 23.9. The van der Waals surface area contributed by atoms with Crippen LogP contribution in [0.25, 0.3) is 5.95 Å². The number of carbonyl (C=O) groups is 1. The Balaban J connectivity index is 1.43. The lowest BCUT2D eigenvalue weighted by atomic mass is 10.3. The van der Waals surface area contributed by atoms with E-state index < -0.39 is 23.9 Å². The molecule has 0 radical (unpaired) electrons. The molecule has 0 saturated heterocycles. The molecular weight excluding hydrogens is 445 g/mol. The Kier molecular flexibility index (Phi) is 5.64. The molecule has 0 atom stereocenters. The number of alkyl halides is 3. The van der Waals surface area contributed by atoms with E-state index in [1.165, 1.54) is 13.1 Å². The Morgan fingerprint density at radius 1 is 1.09 bits per heavy atom. The zero-order chi connectivity index (χ0) is 23.6. The number of rotatable bonds is 6. The normalized spacial score (nSPS) is 11.3. The largest absolute Gasteiger partial charge is 0.497 e. The molecule has 0 aliphatic carbocycles. The van der Waals surface area contributed by atoms with Crippen molar-refractivity contribution in [3.05, 3.63) is 60.1 Å². The van der Waals surface area contributed by atoms with E-state index in [9.17, 15) is 18.0 Å². The number of aryl methyl sites for hydroxylation is 1. The first-order valence-corrected chi connectivity index (χ1v) is 9.26. The second kappa shape index (κ2) is 8.57. The minimum atomic E-state index is -4.70. The molecule has 4 rings (SSSR count). The summed E-state index contributed by atoms with van der Waals surface area (Å²) in [6.07, 6.45) is -3.33. The van der Waals surface area contributed by atoms with Gasteiger partial charge < -0.3 is 14.8 Å². The van der Waals surface area contributed by atoms with Crippen molar-refractivity contribution in [1.82, 2.24) is 34.9 Å². The molecular formula is C19H15F3N8O3. The summed E-state index contributed by atoms with van der Waals surface area (Å²) in [5.41, 5.74) is 0.327. The second-order valence-electron chi connectivity index (χ2n) is 6.49. The van der Waals surface area contributed by atoms with E-state index in [2.05, 4.69) is 30.5 Å². The van der Waals surface area contributed by atoms with E-state index in [1.54, 1.807) is 48.6 Å². The van der Waals surface area contributed by atoms with Gasteiger partial charge in [0.05, 0.1) is 19.0 Å². The van der Waals surface area contributed by atoms with E-state index in [-0.39, 0.29) is 11.6 Å². The van der Waals surface area contributed by atoms with Crippen LogP contribution in [0, 0.1) is 6.92 Å². The zero-order valence-electron chi connectivity index (χ0n) is 17.1. The number of methoxy groups -OCH3 is 1. The Hall–Kier alpha value is -4.49. The van der Waals surface area contributed by atoms with Crippen LogP contribution in [0.2, 0.25) is 0 Å². The van der Waals surface area contributed by atoms with Gasteiger partial charge in [-0.15, -0.1) is 10.2 Å². The van der Waals surface area contributed by atoms with Crippen molar-refractivity contribution in [2.24, 2.45) is 0 Å². The lowest BCUT2D eigenvalue weighted by Gasteiger charge is -2.07.